The zero-order chi connectivity index (χ0) is 11.5. The highest BCUT2D eigenvalue weighted by Gasteiger charge is 2.07. The van der Waals surface area contributed by atoms with Gasteiger partial charge in [0.2, 0.25) is 5.82 Å². The van der Waals surface area contributed by atoms with E-state index in [4.69, 9.17) is 5.73 Å². The third-order valence-corrected chi connectivity index (χ3v) is 2.16. The summed E-state index contributed by atoms with van der Waals surface area (Å²) in [7, 11) is 0. The van der Waals surface area contributed by atoms with E-state index in [0.29, 0.717) is 16.2 Å². The van der Waals surface area contributed by atoms with Crippen LogP contribution >= 0.6 is 0 Å². The molecule has 1 heterocycles. The van der Waals surface area contributed by atoms with Crippen LogP contribution in [-0.4, -0.2) is 4.98 Å². The highest BCUT2D eigenvalue weighted by molar-refractivity contribution is 5.56. The van der Waals surface area contributed by atoms with Crippen molar-refractivity contribution in [1.29, 1.82) is 0 Å². The zero-order valence-corrected chi connectivity index (χ0v) is 8.84. The summed E-state index contributed by atoms with van der Waals surface area (Å²) in [5.41, 5.74) is 6.88. The van der Waals surface area contributed by atoms with Gasteiger partial charge in [-0.15, -0.1) is 0 Å². The molecule has 0 atom stereocenters. The molecule has 1 aromatic heterocycles. The summed E-state index contributed by atoms with van der Waals surface area (Å²) in [5, 5.41) is 14.3. The first-order valence-electron chi connectivity index (χ1n) is 4.85. The minimum Gasteiger partial charge on any atom is -0.740 e. The Labute approximate surface area is 93.1 Å². The number of hydrogen-bond acceptors (Lipinski definition) is 4. The van der Waals surface area contributed by atoms with E-state index in [0.717, 1.165) is 5.69 Å². The van der Waals surface area contributed by atoms with Crippen molar-refractivity contribution in [3.8, 4) is 0 Å². The highest BCUT2D eigenvalue weighted by atomic mass is 16.5. The summed E-state index contributed by atoms with van der Waals surface area (Å²) in [6, 6.07) is 11.2. The lowest BCUT2D eigenvalue weighted by Gasteiger charge is -2.10. The normalized spacial score (nSPS) is 10.1. The summed E-state index contributed by atoms with van der Waals surface area (Å²) in [6.45, 7) is 1.68. The van der Waals surface area contributed by atoms with Gasteiger partial charge in [0.15, 0.2) is 0 Å². The second kappa shape index (κ2) is 4.06. The van der Waals surface area contributed by atoms with Crippen molar-refractivity contribution in [2.45, 2.75) is 6.92 Å². The SMILES string of the molecule is Cc1cc(Nc2ccccc2)nc(N)[n+]1[O-]. The van der Waals surface area contributed by atoms with E-state index in [1.807, 2.05) is 30.3 Å². The molecular formula is C11H12N4O. The molecule has 0 bridgehead atoms. The molecule has 0 saturated heterocycles. The average molecular weight is 216 g/mol. The van der Waals surface area contributed by atoms with Crippen LogP contribution in [0.2, 0.25) is 0 Å². The zero-order valence-electron chi connectivity index (χ0n) is 8.84. The van der Waals surface area contributed by atoms with E-state index in [9.17, 15) is 5.21 Å². The van der Waals surface area contributed by atoms with Crippen LogP contribution < -0.4 is 15.8 Å². The van der Waals surface area contributed by atoms with E-state index in [1.165, 1.54) is 0 Å². The number of nitrogens with zero attached hydrogens (tertiary/aromatic N) is 2. The maximum atomic E-state index is 11.3. The number of nitrogens with two attached hydrogens (primary N) is 1. The summed E-state index contributed by atoms with van der Waals surface area (Å²) in [6.07, 6.45) is 0. The fraction of sp³-hybridized carbons (Fsp3) is 0.0909. The summed E-state index contributed by atoms with van der Waals surface area (Å²) < 4.78 is 0.593. The predicted molar refractivity (Wildman–Crippen MR) is 62.1 cm³/mol. The third-order valence-electron chi connectivity index (χ3n) is 2.16. The highest BCUT2D eigenvalue weighted by Crippen LogP contribution is 2.14. The number of aryl methyl sites for hydroxylation is 1. The molecule has 2 aromatic rings. The number of hydrogen-bond donors (Lipinski definition) is 2. The Bertz CT molecular complexity index is 476. The largest absolute Gasteiger partial charge is 0.740 e. The molecule has 0 aliphatic rings. The second-order valence-electron chi connectivity index (χ2n) is 3.43. The lowest BCUT2D eigenvalue weighted by atomic mass is 10.3. The molecule has 0 aliphatic heterocycles. The Kier molecular flexibility index (Phi) is 2.59. The molecule has 0 fully saturated rings. The average Bonchev–Trinajstić information content (AvgIpc) is 2.27. The molecular weight excluding hydrogens is 204 g/mol. The van der Waals surface area contributed by atoms with Gasteiger partial charge < -0.3 is 10.5 Å². The Morgan fingerprint density at radius 2 is 2.00 bits per heavy atom. The van der Waals surface area contributed by atoms with Crippen molar-refractivity contribution in [1.82, 2.24) is 4.98 Å². The Hall–Kier alpha value is -2.30. The number of para-hydroxylation sites is 1. The predicted octanol–water partition coefficient (Wildman–Crippen LogP) is 1.35. The van der Waals surface area contributed by atoms with Crippen LogP contribution in [0.5, 0.6) is 0 Å². The van der Waals surface area contributed by atoms with Gasteiger partial charge in [0.05, 0.1) is 5.69 Å². The number of nitrogens with one attached hydrogen (secondary N) is 1. The van der Waals surface area contributed by atoms with Crippen molar-refractivity contribution in [2.75, 3.05) is 11.1 Å². The number of rotatable bonds is 2. The van der Waals surface area contributed by atoms with Gasteiger partial charge in [0.1, 0.15) is 0 Å². The summed E-state index contributed by atoms with van der Waals surface area (Å²) in [5.74, 6) is 0.506. The molecule has 2 rings (SSSR count). The van der Waals surface area contributed by atoms with Crippen molar-refractivity contribution in [2.24, 2.45) is 0 Å². The minimum absolute atomic E-state index is 0.0570. The topological polar surface area (TPSA) is 77.9 Å². The summed E-state index contributed by atoms with van der Waals surface area (Å²) >= 11 is 0. The fourth-order valence-corrected chi connectivity index (χ4v) is 1.37. The van der Waals surface area contributed by atoms with Crippen LogP contribution in [0.15, 0.2) is 36.4 Å². The van der Waals surface area contributed by atoms with Crippen LogP contribution in [0.1, 0.15) is 5.69 Å². The van der Waals surface area contributed by atoms with E-state index < -0.39 is 0 Å². The summed E-state index contributed by atoms with van der Waals surface area (Å²) in [4.78, 5) is 3.95. The third kappa shape index (κ3) is 2.03. The van der Waals surface area contributed by atoms with Gasteiger partial charge in [-0.1, -0.05) is 23.2 Å². The first-order chi connectivity index (χ1) is 7.66. The second-order valence-corrected chi connectivity index (χ2v) is 3.43. The van der Waals surface area contributed by atoms with Gasteiger partial charge in [0.25, 0.3) is 0 Å². The molecule has 5 nitrogen and oxygen atoms in total. The van der Waals surface area contributed by atoms with Crippen LogP contribution in [-0.2, 0) is 0 Å². The molecule has 0 spiro atoms. The molecule has 0 saturated carbocycles. The van der Waals surface area contributed by atoms with Gasteiger partial charge in [-0.3, -0.25) is 5.73 Å². The van der Waals surface area contributed by atoms with Crippen LogP contribution in [0, 0.1) is 12.1 Å². The standard InChI is InChI=1S/C11H12N4O/c1-8-7-10(14-11(12)15(8)16)13-9-5-3-2-4-6-9/h2-7H,1H3,(H3,12,13,14). The van der Waals surface area contributed by atoms with E-state index in [1.54, 1.807) is 13.0 Å². The van der Waals surface area contributed by atoms with E-state index >= 15 is 0 Å². The van der Waals surface area contributed by atoms with Crippen LogP contribution in [0.25, 0.3) is 0 Å². The maximum absolute atomic E-state index is 11.3. The van der Waals surface area contributed by atoms with Gasteiger partial charge in [-0.05, 0) is 19.1 Å². The number of aromatic nitrogens is 2. The molecule has 0 aliphatic carbocycles. The molecule has 82 valence electrons. The number of benzene rings is 1. The van der Waals surface area contributed by atoms with E-state index in [2.05, 4.69) is 10.3 Å². The lowest BCUT2D eigenvalue weighted by molar-refractivity contribution is -0.599. The molecule has 5 heteroatoms. The monoisotopic (exact) mass is 216 g/mol. The minimum atomic E-state index is -0.0570. The Morgan fingerprint density at radius 3 is 2.62 bits per heavy atom. The molecule has 16 heavy (non-hydrogen) atoms. The van der Waals surface area contributed by atoms with Gasteiger partial charge in [-0.25, -0.2) is 4.73 Å². The van der Waals surface area contributed by atoms with Crippen LogP contribution in [0.3, 0.4) is 0 Å². The molecule has 1 aromatic carbocycles. The van der Waals surface area contributed by atoms with Gasteiger partial charge in [-0.2, -0.15) is 0 Å². The van der Waals surface area contributed by atoms with Crippen molar-refractivity contribution in [3.05, 3.63) is 47.3 Å². The van der Waals surface area contributed by atoms with Crippen molar-refractivity contribution in [3.63, 3.8) is 0 Å². The first kappa shape index (κ1) is 10.2. The quantitative estimate of drug-likeness (QED) is 0.586. The maximum Gasteiger partial charge on any atom is 0.392 e. The lowest BCUT2D eigenvalue weighted by Crippen LogP contribution is -2.35. The molecule has 3 N–H and O–H groups in total. The Morgan fingerprint density at radius 1 is 1.31 bits per heavy atom. The molecule has 0 radical (unpaired) electrons. The van der Waals surface area contributed by atoms with E-state index in [-0.39, 0.29) is 5.95 Å². The van der Waals surface area contributed by atoms with Gasteiger partial charge >= 0.3 is 5.95 Å². The number of anilines is 3. The van der Waals surface area contributed by atoms with Gasteiger partial charge in [0, 0.05) is 11.8 Å². The van der Waals surface area contributed by atoms with Crippen molar-refractivity contribution >= 4 is 17.5 Å². The fourth-order valence-electron chi connectivity index (χ4n) is 1.37. The molecule has 0 unspecified atom stereocenters. The first-order valence-corrected chi connectivity index (χ1v) is 4.85. The Balaban J connectivity index is 2.29. The molecule has 0 amide bonds. The van der Waals surface area contributed by atoms with Crippen LogP contribution in [0.4, 0.5) is 17.5 Å². The number of nitrogen functional groups attached to an aromatic ring is 1. The van der Waals surface area contributed by atoms with Crippen molar-refractivity contribution < 1.29 is 4.73 Å². The smallest absolute Gasteiger partial charge is 0.392 e.